The fraction of sp³-hybridized carbons (Fsp3) is 1.00. The third-order valence-electron chi connectivity index (χ3n) is 6.88. The van der Waals surface area contributed by atoms with Crippen LogP contribution < -0.4 is 5.32 Å². The molecule has 4 atom stereocenters. The van der Waals surface area contributed by atoms with Crippen molar-refractivity contribution < 1.29 is 9.84 Å². The SMILES string of the molecule is CC1(C)C2CCC1(C)C(OCC(O)CN1CCNCC1)C2. The molecule has 0 amide bonds. The zero-order valence-electron chi connectivity index (χ0n) is 13.9. The Labute approximate surface area is 129 Å². The van der Waals surface area contributed by atoms with E-state index in [1.165, 1.54) is 19.3 Å². The van der Waals surface area contributed by atoms with E-state index < -0.39 is 0 Å². The second-order valence-electron chi connectivity index (χ2n) is 8.14. The van der Waals surface area contributed by atoms with Crippen molar-refractivity contribution in [2.24, 2.45) is 16.7 Å². The van der Waals surface area contributed by atoms with Crippen molar-refractivity contribution in [2.45, 2.75) is 52.2 Å². The largest absolute Gasteiger partial charge is 0.389 e. The molecule has 4 unspecified atom stereocenters. The van der Waals surface area contributed by atoms with Crippen molar-refractivity contribution in [3.05, 3.63) is 0 Å². The first-order chi connectivity index (χ1) is 9.93. The fourth-order valence-electron chi connectivity index (χ4n) is 4.85. The summed E-state index contributed by atoms with van der Waals surface area (Å²) in [6.45, 7) is 12.6. The van der Waals surface area contributed by atoms with Crippen molar-refractivity contribution in [3.63, 3.8) is 0 Å². The minimum Gasteiger partial charge on any atom is -0.389 e. The van der Waals surface area contributed by atoms with Gasteiger partial charge in [-0.25, -0.2) is 0 Å². The van der Waals surface area contributed by atoms with Gasteiger partial charge < -0.3 is 15.2 Å². The molecule has 1 aliphatic heterocycles. The van der Waals surface area contributed by atoms with Gasteiger partial charge in [0.2, 0.25) is 0 Å². The minimum atomic E-state index is -0.353. The number of piperazine rings is 1. The molecule has 0 aromatic carbocycles. The maximum absolute atomic E-state index is 10.3. The highest BCUT2D eigenvalue weighted by Crippen LogP contribution is 2.66. The van der Waals surface area contributed by atoms with Crippen LogP contribution in [0, 0.1) is 16.7 Å². The Morgan fingerprint density at radius 3 is 2.57 bits per heavy atom. The summed E-state index contributed by atoms with van der Waals surface area (Å²) in [5.74, 6) is 0.804. The smallest absolute Gasteiger partial charge is 0.0900 e. The molecule has 1 heterocycles. The van der Waals surface area contributed by atoms with Crippen LogP contribution in [0.1, 0.15) is 40.0 Å². The predicted molar refractivity (Wildman–Crippen MR) is 84.3 cm³/mol. The Morgan fingerprint density at radius 1 is 1.29 bits per heavy atom. The molecule has 0 radical (unpaired) electrons. The van der Waals surface area contributed by atoms with E-state index >= 15 is 0 Å². The van der Waals surface area contributed by atoms with Crippen molar-refractivity contribution in [1.82, 2.24) is 10.2 Å². The lowest BCUT2D eigenvalue weighted by atomic mass is 9.70. The molecule has 3 aliphatic rings. The van der Waals surface area contributed by atoms with Crippen LogP contribution in [0.15, 0.2) is 0 Å². The zero-order chi connectivity index (χ0) is 15.1. The number of aliphatic hydroxyl groups excluding tert-OH is 1. The van der Waals surface area contributed by atoms with Crippen LogP contribution in [0.4, 0.5) is 0 Å². The first-order valence-electron chi connectivity index (χ1n) is 8.66. The lowest BCUT2D eigenvalue weighted by Crippen LogP contribution is -2.47. The molecular weight excluding hydrogens is 264 g/mol. The van der Waals surface area contributed by atoms with Gasteiger partial charge in [0.15, 0.2) is 0 Å². The molecule has 4 heteroatoms. The topological polar surface area (TPSA) is 44.7 Å². The summed E-state index contributed by atoms with van der Waals surface area (Å²) in [5, 5.41) is 13.6. The third kappa shape index (κ3) is 2.76. The molecule has 21 heavy (non-hydrogen) atoms. The second-order valence-corrected chi connectivity index (χ2v) is 8.14. The summed E-state index contributed by atoms with van der Waals surface area (Å²) in [4.78, 5) is 2.33. The van der Waals surface area contributed by atoms with E-state index in [0.29, 0.717) is 23.5 Å². The highest BCUT2D eigenvalue weighted by Gasteiger charge is 2.61. The van der Waals surface area contributed by atoms with Gasteiger partial charge in [0.25, 0.3) is 0 Å². The third-order valence-corrected chi connectivity index (χ3v) is 6.88. The monoisotopic (exact) mass is 296 g/mol. The standard InChI is InChI=1S/C17H32N2O2/c1-16(2)13-4-5-17(16,3)15(10-13)21-12-14(20)11-19-8-6-18-7-9-19/h13-15,18,20H,4-12H2,1-3H3. The number of β-amino-alcohol motifs (C(OH)–C–C–N with tert-alkyl or cyclic N) is 1. The Bertz CT molecular complexity index is 368. The molecule has 3 rings (SSSR count). The Morgan fingerprint density at radius 2 is 2.00 bits per heavy atom. The van der Waals surface area contributed by atoms with E-state index in [9.17, 15) is 5.11 Å². The summed E-state index contributed by atoms with van der Waals surface area (Å²) in [6.07, 6.45) is 3.80. The summed E-state index contributed by atoms with van der Waals surface area (Å²) in [5.41, 5.74) is 0.688. The van der Waals surface area contributed by atoms with Gasteiger partial charge in [0.05, 0.1) is 18.8 Å². The van der Waals surface area contributed by atoms with Gasteiger partial charge in [-0.1, -0.05) is 20.8 Å². The number of ether oxygens (including phenoxy) is 1. The first-order valence-corrected chi connectivity index (χ1v) is 8.66. The maximum Gasteiger partial charge on any atom is 0.0900 e. The molecule has 2 bridgehead atoms. The van der Waals surface area contributed by atoms with Crippen LogP contribution in [0.2, 0.25) is 0 Å². The molecule has 2 saturated carbocycles. The molecule has 2 N–H and O–H groups in total. The molecule has 4 nitrogen and oxygen atoms in total. The number of fused-ring (bicyclic) bond motifs is 2. The molecule has 1 saturated heterocycles. The average molecular weight is 296 g/mol. The Kier molecular flexibility index (Phi) is 4.34. The van der Waals surface area contributed by atoms with Gasteiger partial charge in [-0.3, -0.25) is 4.90 Å². The Balaban J connectivity index is 1.47. The van der Waals surface area contributed by atoms with Crippen LogP contribution in [-0.4, -0.2) is 61.5 Å². The quantitative estimate of drug-likeness (QED) is 0.807. The van der Waals surface area contributed by atoms with Gasteiger partial charge in [-0.05, 0) is 36.0 Å². The van der Waals surface area contributed by atoms with Gasteiger partial charge in [0.1, 0.15) is 0 Å². The highest BCUT2D eigenvalue weighted by atomic mass is 16.5. The van der Waals surface area contributed by atoms with E-state index in [1.54, 1.807) is 0 Å². The number of aliphatic hydroxyl groups is 1. The number of hydrogen-bond acceptors (Lipinski definition) is 4. The van der Waals surface area contributed by atoms with E-state index in [1.807, 2.05) is 0 Å². The molecular formula is C17H32N2O2. The summed E-state index contributed by atoms with van der Waals surface area (Å²) >= 11 is 0. The lowest BCUT2D eigenvalue weighted by Gasteiger charge is -2.39. The summed E-state index contributed by atoms with van der Waals surface area (Å²) in [7, 11) is 0. The van der Waals surface area contributed by atoms with Gasteiger partial charge in [0, 0.05) is 32.7 Å². The van der Waals surface area contributed by atoms with Crippen molar-refractivity contribution in [2.75, 3.05) is 39.3 Å². The Hall–Kier alpha value is -0.160. The highest BCUT2D eigenvalue weighted by molar-refractivity contribution is 5.11. The number of rotatable bonds is 5. The van der Waals surface area contributed by atoms with E-state index in [-0.39, 0.29) is 6.10 Å². The molecule has 122 valence electrons. The van der Waals surface area contributed by atoms with Crippen LogP contribution >= 0.6 is 0 Å². The maximum atomic E-state index is 10.3. The van der Waals surface area contributed by atoms with Crippen LogP contribution in [-0.2, 0) is 4.74 Å². The lowest BCUT2D eigenvalue weighted by molar-refractivity contribution is -0.0796. The summed E-state index contributed by atoms with van der Waals surface area (Å²) < 4.78 is 6.19. The molecule has 0 spiro atoms. The molecule has 0 aromatic rings. The van der Waals surface area contributed by atoms with Crippen LogP contribution in [0.3, 0.4) is 0 Å². The molecule has 2 aliphatic carbocycles. The van der Waals surface area contributed by atoms with Gasteiger partial charge >= 0.3 is 0 Å². The van der Waals surface area contributed by atoms with Crippen molar-refractivity contribution >= 4 is 0 Å². The van der Waals surface area contributed by atoms with E-state index in [4.69, 9.17) is 4.74 Å². The van der Waals surface area contributed by atoms with E-state index in [2.05, 4.69) is 31.0 Å². The van der Waals surface area contributed by atoms with Gasteiger partial charge in [-0.15, -0.1) is 0 Å². The predicted octanol–water partition coefficient (Wildman–Crippen LogP) is 1.48. The van der Waals surface area contributed by atoms with Crippen molar-refractivity contribution in [1.29, 1.82) is 0 Å². The minimum absolute atomic E-state index is 0.298. The molecule has 3 fully saturated rings. The summed E-state index contributed by atoms with van der Waals surface area (Å²) in [6, 6.07) is 0. The molecule has 0 aromatic heterocycles. The number of nitrogens with zero attached hydrogens (tertiary/aromatic N) is 1. The number of nitrogens with one attached hydrogen (secondary N) is 1. The zero-order valence-corrected chi connectivity index (χ0v) is 13.9. The number of hydrogen-bond donors (Lipinski definition) is 2. The first kappa shape index (κ1) is 15.7. The second kappa shape index (κ2) is 5.80. The average Bonchev–Trinajstić information content (AvgIpc) is 2.79. The fourth-order valence-corrected chi connectivity index (χ4v) is 4.85. The van der Waals surface area contributed by atoms with Gasteiger partial charge in [-0.2, -0.15) is 0 Å². The van der Waals surface area contributed by atoms with Crippen LogP contribution in [0.25, 0.3) is 0 Å². The van der Waals surface area contributed by atoms with Crippen LogP contribution in [0.5, 0.6) is 0 Å². The van der Waals surface area contributed by atoms with E-state index in [0.717, 1.165) is 38.6 Å². The normalized spacial score (nSPS) is 40.6. The van der Waals surface area contributed by atoms with Crippen molar-refractivity contribution in [3.8, 4) is 0 Å².